The maximum absolute atomic E-state index is 10.6. The van der Waals surface area contributed by atoms with Crippen LogP contribution >= 0.6 is 34.0 Å². The Kier molecular flexibility index (Phi) is 8.01. The van der Waals surface area contributed by atoms with Crippen LogP contribution < -0.4 is 0 Å². The number of halogens is 2. The first-order valence-corrected chi connectivity index (χ1v) is 2.86. The van der Waals surface area contributed by atoms with E-state index in [1.165, 1.54) is 0 Å². The molecule has 0 amide bonds. The standard InChI is InChI=1S/C8H8O.2BrH/c1-7(9)8-5-3-2-4-6-8;;/h2-6H,1H3;2*1H. The van der Waals surface area contributed by atoms with E-state index in [1.54, 1.807) is 6.92 Å². The summed E-state index contributed by atoms with van der Waals surface area (Å²) < 4.78 is 0. The number of rotatable bonds is 1. The van der Waals surface area contributed by atoms with E-state index < -0.39 is 0 Å². The van der Waals surface area contributed by atoms with Gasteiger partial charge in [0, 0.05) is 5.56 Å². The van der Waals surface area contributed by atoms with E-state index in [2.05, 4.69) is 0 Å². The summed E-state index contributed by atoms with van der Waals surface area (Å²) in [6.07, 6.45) is 0. The fraction of sp³-hybridized carbons (Fsp3) is 0.125. The molecule has 0 aliphatic heterocycles. The maximum Gasteiger partial charge on any atom is 0.159 e. The van der Waals surface area contributed by atoms with Crippen LogP contribution in [0.3, 0.4) is 0 Å². The number of hydrogen-bond acceptors (Lipinski definition) is 1. The molecule has 1 aromatic carbocycles. The van der Waals surface area contributed by atoms with E-state index in [0.717, 1.165) is 5.56 Å². The quantitative estimate of drug-likeness (QED) is 0.723. The molecule has 0 saturated heterocycles. The molecule has 0 aromatic heterocycles. The third kappa shape index (κ3) is 4.32. The second-order valence-electron chi connectivity index (χ2n) is 1.92. The zero-order valence-corrected chi connectivity index (χ0v) is 9.54. The van der Waals surface area contributed by atoms with Crippen molar-refractivity contribution in [2.75, 3.05) is 0 Å². The summed E-state index contributed by atoms with van der Waals surface area (Å²) in [5.41, 5.74) is 0.775. The van der Waals surface area contributed by atoms with Gasteiger partial charge in [0.15, 0.2) is 5.78 Å². The average Bonchev–Trinajstić information content (AvgIpc) is 1.90. The Hall–Kier alpha value is -0.150. The van der Waals surface area contributed by atoms with Gasteiger partial charge in [0.2, 0.25) is 0 Å². The molecule has 0 N–H and O–H groups in total. The predicted octanol–water partition coefficient (Wildman–Crippen LogP) is 3.05. The molecule has 0 atom stereocenters. The highest BCUT2D eigenvalue weighted by molar-refractivity contribution is 8.93. The number of carbonyl (C=O) groups is 1. The van der Waals surface area contributed by atoms with Gasteiger partial charge in [-0.1, -0.05) is 30.3 Å². The number of carbonyl (C=O) groups excluding carboxylic acids is 1. The molecule has 0 spiro atoms. The SMILES string of the molecule is Br.Br.CC(=O)c1ccccc1. The Balaban J connectivity index is 0. The number of hydrogen-bond donors (Lipinski definition) is 0. The topological polar surface area (TPSA) is 17.1 Å². The lowest BCUT2D eigenvalue weighted by atomic mass is 10.2. The van der Waals surface area contributed by atoms with Gasteiger partial charge in [0.25, 0.3) is 0 Å². The Labute approximate surface area is 87.3 Å². The van der Waals surface area contributed by atoms with Gasteiger partial charge in [-0.3, -0.25) is 4.79 Å². The van der Waals surface area contributed by atoms with Crippen molar-refractivity contribution in [1.29, 1.82) is 0 Å². The molecule has 0 unspecified atom stereocenters. The smallest absolute Gasteiger partial charge is 0.159 e. The van der Waals surface area contributed by atoms with Gasteiger partial charge < -0.3 is 0 Å². The van der Waals surface area contributed by atoms with Crippen LogP contribution in [-0.2, 0) is 0 Å². The summed E-state index contributed by atoms with van der Waals surface area (Å²) in [6, 6.07) is 9.23. The zero-order chi connectivity index (χ0) is 6.69. The summed E-state index contributed by atoms with van der Waals surface area (Å²) >= 11 is 0. The van der Waals surface area contributed by atoms with Gasteiger partial charge in [-0.25, -0.2) is 0 Å². The van der Waals surface area contributed by atoms with Crippen molar-refractivity contribution in [1.82, 2.24) is 0 Å². The molecule has 0 fully saturated rings. The van der Waals surface area contributed by atoms with Gasteiger partial charge in [0.05, 0.1) is 0 Å². The van der Waals surface area contributed by atoms with Crippen molar-refractivity contribution < 1.29 is 4.79 Å². The number of benzene rings is 1. The van der Waals surface area contributed by atoms with E-state index in [9.17, 15) is 4.79 Å². The largest absolute Gasteiger partial charge is 0.295 e. The summed E-state index contributed by atoms with van der Waals surface area (Å²) in [6.45, 7) is 1.56. The van der Waals surface area contributed by atoms with E-state index >= 15 is 0 Å². The van der Waals surface area contributed by atoms with Crippen LogP contribution in [0.5, 0.6) is 0 Å². The van der Waals surface area contributed by atoms with Crippen LogP contribution in [0.1, 0.15) is 17.3 Å². The van der Waals surface area contributed by atoms with E-state index in [0.29, 0.717) is 0 Å². The van der Waals surface area contributed by atoms with Gasteiger partial charge in [-0.2, -0.15) is 0 Å². The Morgan fingerprint density at radius 2 is 1.55 bits per heavy atom. The lowest BCUT2D eigenvalue weighted by molar-refractivity contribution is 0.101. The summed E-state index contributed by atoms with van der Waals surface area (Å²) in [4.78, 5) is 10.6. The zero-order valence-electron chi connectivity index (χ0n) is 6.11. The van der Waals surface area contributed by atoms with Crippen molar-refractivity contribution in [2.24, 2.45) is 0 Å². The van der Waals surface area contributed by atoms with Crippen molar-refractivity contribution in [2.45, 2.75) is 6.92 Å². The van der Waals surface area contributed by atoms with Crippen molar-refractivity contribution >= 4 is 39.7 Å². The van der Waals surface area contributed by atoms with Crippen LogP contribution in [0, 0.1) is 0 Å². The van der Waals surface area contributed by atoms with E-state index in [-0.39, 0.29) is 39.7 Å². The Bertz CT molecular complexity index is 209. The molecule has 1 aromatic rings. The lowest BCUT2D eigenvalue weighted by Gasteiger charge is -1.89. The molecular weight excluding hydrogens is 272 g/mol. The highest BCUT2D eigenvalue weighted by Crippen LogP contribution is 1.97. The Morgan fingerprint density at radius 1 is 1.09 bits per heavy atom. The van der Waals surface area contributed by atoms with Gasteiger partial charge in [-0.05, 0) is 6.92 Å². The number of ketones is 1. The summed E-state index contributed by atoms with van der Waals surface area (Å²) in [5.74, 6) is 0.121. The van der Waals surface area contributed by atoms with Crippen molar-refractivity contribution in [3.8, 4) is 0 Å². The van der Waals surface area contributed by atoms with E-state index in [4.69, 9.17) is 0 Å². The van der Waals surface area contributed by atoms with Crippen LogP contribution in [-0.4, -0.2) is 5.78 Å². The average molecular weight is 282 g/mol. The normalized spacial score (nSPS) is 7.36. The van der Waals surface area contributed by atoms with Crippen LogP contribution in [0.15, 0.2) is 30.3 Å². The minimum atomic E-state index is 0. The van der Waals surface area contributed by atoms with Crippen molar-refractivity contribution in [3.63, 3.8) is 0 Å². The molecule has 62 valence electrons. The minimum Gasteiger partial charge on any atom is -0.295 e. The maximum atomic E-state index is 10.6. The molecule has 0 aliphatic carbocycles. The van der Waals surface area contributed by atoms with Crippen LogP contribution in [0.4, 0.5) is 0 Å². The van der Waals surface area contributed by atoms with Gasteiger partial charge in [0.1, 0.15) is 0 Å². The van der Waals surface area contributed by atoms with Gasteiger partial charge >= 0.3 is 0 Å². The summed E-state index contributed by atoms with van der Waals surface area (Å²) in [7, 11) is 0. The fourth-order valence-electron chi connectivity index (χ4n) is 0.673. The molecule has 0 saturated carbocycles. The molecule has 1 nitrogen and oxygen atoms in total. The minimum absolute atomic E-state index is 0. The molecule has 11 heavy (non-hydrogen) atoms. The van der Waals surface area contributed by atoms with Crippen LogP contribution in [0.25, 0.3) is 0 Å². The monoisotopic (exact) mass is 280 g/mol. The number of Topliss-reactive ketones (excluding diaryl/α,β-unsaturated/α-hetero) is 1. The Morgan fingerprint density at radius 3 is 1.82 bits per heavy atom. The molecule has 0 heterocycles. The fourth-order valence-corrected chi connectivity index (χ4v) is 0.673. The van der Waals surface area contributed by atoms with Crippen LogP contribution in [0.2, 0.25) is 0 Å². The van der Waals surface area contributed by atoms with E-state index in [1.807, 2.05) is 30.3 Å². The predicted molar refractivity (Wildman–Crippen MR) is 57.1 cm³/mol. The van der Waals surface area contributed by atoms with Crippen molar-refractivity contribution in [3.05, 3.63) is 35.9 Å². The first-order chi connectivity index (χ1) is 4.30. The second kappa shape index (κ2) is 6.55. The molecule has 3 heteroatoms. The molecular formula is C8H10Br2O. The molecule has 0 bridgehead atoms. The first-order valence-electron chi connectivity index (χ1n) is 2.86. The summed E-state index contributed by atoms with van der Waals surface area (Å²) in [5, 5.41) is 0. The second-order valence-corrected chi connectivity index (χ2v) is 1.92. The molecule has 0 radical (unpaired) electrons. The third-order valence-corrected chi connectivity index (χ3v) is 1.18. The highest BCUT2D eigenvalue weighted by atomic mass is 79.9. The third-order valence-electron chi connectivity index (χ3n) is 1.18. The molecule has 1 rings (SSSR count). The molecule has 0 aliphatic rings. The highest BCUT2D eigenvalue weighted by Gasteiger charge is 1.92. The van der Waals surface area contributed by atoms with Gasteiger partial charge in [-0.15, -0.1) is 34.0 Å². The lowest BCUT2D eigenvalue weighted by Crippen LogP contribution is -1.88. The first kappa shape index (κ1) is 13.4.